The van der Waals surface area contributed by atoms with E-state index in [9.17, 15) is 0 Å². The average molecular weight is 928 g/mol. The lowest BCUT2D eigenvalue weighted by Gasteiger charge is -2.35. The summed E-state index contributed by atoms with van der Waals surface area (Å²) in [6.45, 7) is 4.58. The van der Waals surface area contributed by atoms with Crippen LogP contribution in [0.2, 0.25) is 0 Å². The van der Waals surface area contributed by atoms with Crippen LogP contribution in [0.1, 0.15) is 97.2 Å². The largest absolute Gasteiger partial charge is 0.310 e. The molecule has 8 aromatic rings. The van der Waals surface area contributed by atoms with Crippen molar-refractivity contribution in [3.05, 3.63) is 287 Å². The average Bonchev–Trinajstić information content (AvgIpc) is 3.75. The third-order valence-corrected chi connectivity index (χ3v) is 15.7. The standard InChI is InChI=1S/C71H61N/c1-3-21-54-25-13-14-36-64(54)70-50(2)22-17-38-65(70)58-28-20-35-63(48-58)72(61-33-18-26-55(46-61)51-23-7-4-8-24-51)62-34-19-27-56(47-62)52-40-42-53(43-41-52)57-44-45-69-67(49-57)66-37-15-16-39-68(66)71(69,59-29-9-5-10-30-59)60-31-11-6-12-32-60/h4-7,9-12,14,16-20,22-23,26-36,38-49H,3,8,13,15,21,24-25,37H2,1-2H3. The molecule has 350 valence electrons. The number of anilines is 3. The van der Waals surface area contributed by atoms with Gasteiger partial charge in [-0.05, 0) is 189 Å². The maximum absolute atomic E-state index is 2.47. The van der Waals surface area contributed by atoms with Crippen molar-refractivity contribution in [2.45, 2.75) is 70.6 Å². The van der Waals surface area contributed by atoms with Crippen LogP contribution in [0.3, 0.4) is 0 Å². The monoisotopic (exact) mass is 927 g/mol. The second-order valence-electron chi connectivity index (χ2n) is 20.0. The Morgan fingerprint density at radius 1 is 0.472 bits per heavy atom. The van der Waals surface area contributed by atoms with Crippen LogP contribution in [0.5, 0.6) is 0 Å². The van der Waals surface area contributed by atoms with Gasteiger partial charge in [-0.1, -0.05) is 213 Å². The van der Waals surface area contributed by atoms with Gasteiger partial charge in [-0.15, -0.1) is 0 Å². The minimum Gasteiger partial charge on any atom is -0.310 e. The third-order valence-electron chi connectivity index (χ3n) is 15.7. The summed E-state index contributed by atoms with van der Waals surface area (Å²) in [5.74, 6) is 0. The topological polar surface area (TPSA) is 3.24 Å². The molecule has 0 aliphatic heterocycles. The van der Waals surface area contributed by atoms with Crippen LogP contribution < -0.4 is 4.90 Å². The summed E-state index contributed by atoms with van der Waals surface area (Å²) < 4.78 is 0. The highest BCUT2D eigenvalue weighted by Gasteiger charge is 2.47. The highest BCUT2D eigenvalue weighted by Crippen LogP contribution is 2.57. The lowest BCUT2D eigenvalue weighted by atomic mass is 9.66. The molecule has 12 rings (SSSR count). The zero-order valence-corrected chi connectivity index (χ0v) is 41.6. The number of aryl methyl sites for hydroxylation is 1. The quantitative estimate of drug-likeness (QED) is 0.118. The first-order valence-electron chi connectivity index (χ1n) is 26.3. The van der Waals surface area contributed by atoms with Crippen LogP contribution in [0.4, 0.5) is 17.1 Å². The molecule has 0 fully saturated rings. The molecule has 8 aromatic carbocycles. The molecule has 4 aliphatic carbocycles. The second kappa shape index (κ2) is 19.7. The van der Waals surface area contributed by atoms with E-state index in [1.54, 1.807) is 5.57 Å². The Morgan fingerprint density at radius 3 is 1.74 bits per heavy atom. The summed E-state index contributed by atoms with van der Waals surface area (Å²) in [7, 11) is 0. The molecule has 0 amide bonds. The van der Waals surface area contributed by atoms with Crippen LogP contribution in [0, 0.1) is 6.92 Å². The number of nitrogens with zero attached hydrogens (tertiary/aromatic N) is 1. The molecule has 1 heteroatoms. The molecule has 0 N–H and O–H groups in total. The van der Waals surface area contributed by atoms with Gasteiger partial charge in [0.2, 0.25) is 0 Å². The summed E-state index contributed by atoms with van der Waals surface area (Å²) in [6, 6.07) is 73.1. The van der Waals surface area contributed by atoms with Crippen molar-refractivity contribution in [3.63, 3.8) is 0 Å². The van der Waals surface area contributed by atoms with E-state index in [4.69, 9.17) is 0 Å². The van der Waals surface area contributed by atoms with E-state index in [0.29, 0.717) is 0 Å². The number of allylic oxidation sites excluding steroid dienone is 12. The van der Waals surface area contributed by atoms with Crippen LogP contribution in [0.15, 0.2) is 248 Å². The smallest absolute Gasteiger partial charge is 0.0710 e. The van der Waals surface area contributed by atoms with Crippen LogP contribution in [-0.2, 0) is 5.41 Å². The molecular formula is C71H61N. The maximum Gasteiger partial charge on any atom is 0.0710 e. The molecule has 0 atom stereocenters. The summed E-state index contributed by atoms with van der Waals surface area (Å²) >= 11 is 0. The molecule has 0 saturated heterocycles. The predicted molar refractivity (Wildman–Crippen MR) is 307 cm³/mol. The molecule has 0 saturated carbocycles. The second-order valence-corrected chi connectivity index (χ2v) is 20.0. The van der Waals surface area contributed by atoms with Gasteiger partial charge in [0.05, 0.1) is 5.41 Å². The van der Waals surface area contributed by atoms with Gasteiger partial charge in [0.15, 0.2) is 0 Å². The first-order chi connectivity index (χ1) is 35.6. The summed E-state index contributed by atoms with van der Waals surface area (Å²) in [5.41, 5.74) is 27.0. The van der Waals surface area contributed by atoms with Gasteiger partial charge in [-0.2, -0.15) is 0 Å². The normalized spacial score (nSPS) is 15.6. The molecule has 72 heavy (non-hydrogen) atoms. The maximum atomic E-state index is 2.47. The van der Waals surface area contributed by atoms with Crippen molar-refractivity contribution in [2.75, 3.05) is 4.90 Å². The molecule has 0 bridgehead atoms. The molecule has 1 nitrogen and oxygen atoms in total. The van der Waals surface area contributed by atoms with E-state index in [1.807, 2.05) is 0 Å². The fraction of sp³-hybridized carbons (Fsp3) is 0.155. The van der Waals surface area contributed by atoms with Gasteiger partial charge in [0.25, 0.3) is 0 Å². The van der Waals surface area contributed by atoms with Crippen LogP contribution in [-0.4, -0.2) is 0 Å². The van der Waals surface area contributed by atoms with Gasteiger partial charge < -0.3 is 4.90 Å². The van der Waals surface area contributed by atoms with Gasteiger partial charge in [0.1, 0.15) is 0 Å². The molecule has 0 spiro atoms. The molecule has 0 heterocycles. The Morgan fingerprint density at radius 2 is 1.06 bits per heavy atom. The van der Waals surface area contributed by atoms with E-state index < -0.39 is 0 Å². The van der Waals surface area contributed by atoms with Crippen LogP contribution in [0.25, 0.3) is 50.1 Å². The SMILES string of the molecule is CCCC1=C(c2c(C)cccc2-c2cccc(N(c3cccc(C4=CC=CCC4)c3)c3cccc(-c4ccc(-c5ccc6c(c5)C5=C(C=CCC5)C6(c5ccccc5)c5ccccc5)cc4)c3)c2)C=CCC1. The Labute approximate surface area is 427 Å². The molecular weight excluding hydrogens is 867 g/mol. The lowest BCUT2D eigenvalue weighted by molar-refractivity contribution is 0.756. The number of hydrogen-bond donors (Lipinski definition) is 0. The van der Waals surface area contributed by atoms with Gasteiger partial charge in [-0.3, -0.25) is 0 Å². The van der Waals surface area contributed by atoms with Crippen molar-refractivity contribution >= 4 is 33.8 Å². The summed E-state index contributed by atoms with van der Waals surface area (Å²) in [4.78, 5) is 2.46. The summed E-state index contributed by atoms with van der Waals surface area (Å²) in [5, 5.41) is 0. The number of rotatable bonds is 12. The number of fused-ring (bicyclic) bond motifs is 2. The fourth-order valence-electron chi connectivity index (χ4n) is 12.3. The Balaban J connectivity index is 0.925. The molecule has 0 unspecified atom stereocenters. The zero-order chi connectivity index (χ0) is 48.4. The first kappa shape index (κ1) is 45.2. The first-order valence-corrected chi connectivity index (χ1v) is 26.3. The van der Waals surface area contributed by atoms with E-state index in [1.165, 1.54) is 94.6 Å². The minimum absolute atomic E-state index is 0.356. The van der Waals surface area contributed by atoms with Crippen molar-refractivity contribution in [2.24, 2.45) is 0 Å². The van der Waals surface area contributed by atoms with Crippen molar-refractivity contribution in [1.82, 2.24) is 0 Å². The van der Waals surface area contributed by atoms with E-state index >= 15 is 0 Å². The Hall–Kier alpha value is -8.00. The van der Waals surface area contributed by atoms with Crippen molar-refractivity contribution < 1.29 is 0 Å². The Kier molecular flexibility index (Phi) is 12.3. The number of hydrogen-bond acceptors (Lipinski definition) is 1. The van der Waals surface area contributed by atoms with Gasteiger partial charge >= 0.3 is 0 Å². The lowest BCUT2D eigenvalue weighted by Crippen LogP contribution is -2.29. The zero-order valence-electron chi connectivity index (χ0n) is 41.6. The molecule has 0 aromatic heterocycles. The van der Waals surface area contributed by atoms with Crippen LogP contribution >= 0.6 is 0 Å². The fourth-order valence-corrected chi connectivity index (χ4v) is 12.3. The third kappa shape index (κ3) is 8.17. The highest BCUT2D eigenvalue weighted by molar-refractivity contribution is 5.93. The van der Waals surface area contributed by atoms with E-state index in [2.05, 4.69) is 255 Å². The minimum atomic E-state index is -0.356. The van der Waals surface area contributed by atoms with Crippen molar-refractivity contribution in [3.8, 4) is 33.4 Å². The predicted octanol–water partition coefficient (Wildman–Crippen LogP) is 19.6. The molecule has 4 aliphatic rings. The summed E-state index contributed by atoms with van der Waals surface area (Å²) in [6.07, 6.45) is 25.1. The van der Waals surface area contributed by atoms with E-state index in [0.717, 1.165) is 68.4 Å². The number of benzene rings is 8. The van der Waals surface area contributed by atoms with Crippen molar-refractivity contribution in [1.29, 1.82) is 0 Å². The molecule has 0 radical (unpaired) electrons. The van der Waals surface area contributed by atoms with E-state index in [-0.39, 0.29) is 5.41 Å². The Bertz CT molecular complexity index is 3480. The van der Waals surface area contributed by atoms with Gasteiger partial charge in [0, 0.05) is 17.1 Å². The van der Waals surface area contributed by atoms with Gasteiger partial charge in [-0.25, -0.2) is 0 Å². The highest BCUT2D eigenvalue weighted by atomic mass is 15.1.